The normalized spacial score (nSPS) is 16.9. The highest BCUT2D eigenvalue weighted by Gasteiger charge is 2.28. The summed E-state index contributed by atoms with van der Waals surface area (Å²) in [6.45, 7) is 3.53. The number of oxazole rings is 1. The molecule has 8 nitrogen and oxygen atoms in total. The molecule has 3 rings (SSSR count). The van der Waals surface area contributed by atoms with Gasteiger partial charge in [-0.3, -0.25) is 9.78 Å². The molecule has 0 radical (unpaired) electrons. The molecule has 0 spiro atoms. The average molecular weight is 367 g/mol. The van der Waals surface area contributed by atoms with Crippen molar-refractivity contribution in [3.8, 4) is 0 Å². The summed E-state index contributed by atoms with van der Waals surface area (Å²) in [7, 11) is -3.70. The number of nitrogens with zero attached hydrogens (tertiary/aromatic N) is 2. The van der Waals surface area contributed by atoms with Gasteiger partial charge in [-0.2, -0.15) is 4.31 Å². The number of H-pyrrole nitrogens is 1. The summed E-state index contributed by atoms with van der Waals surface area (Å²) >= 11 is 0. The molecule has 1 aliphatic rings. The molecule has 1 N–H and O–H groups in total. The Bertz CT molecular complexity index is 931. The van der Waals surface area contributed by atoms with Crippen LogP contribution in [0.3, 0.4) is 0 Å². The first-order valence-electron chi connectivity index (χ1n) is 8.32. The van der Waals surface area contributed by atoms with Crippen LogP contribution in [-0.4, -0.2) is 54.7 Å². The van der Waals surface area contributed by atoms with Crippen molar-refractivity contribution in [1.29, 1.82) is 0 Å². The standard InChI is InChI=1S/C16H21N3O5S/c1-2-4-15(20)18-7-3-8-19(10-9-18)25(22,23)12-5-6-14-13(11-12)17-16(21)24-14/h5-6,11H,2-4,7-10H2,1H3,(H,17,21). The van der Waals surface area contributed by atoms with Crippen LogP contribution < -0.4 is 5.76 Å². The number of carbonyl (C=O) groups is 1. The molecule has 1 aromatic carbocycles. The van der Waals surface area contributed by atoms with Gasteiger partial charge in [0.25, 0.3) is 0 Å². The van der Waals surface area contributed by atoms with Gasteiger partial charge in [-0.05, 0) is 31.0 Å². The molecule has 1 aromatic heterocycles. The monoisotopic (exact) mass is 367 g/mol. The second kappa shape index (κ2) is 7.01. The minimum Gasteiger partial charge on any atom is -0.408 e. The van der Waals surface area contributed by atoms with Crippen LogP contribution in [-0.2, 0) is 14.8 Å². The quantitative estimate of drug-likeness (QED) is 0.873. The van der Waals surface area contributed by atoms with Gasteiger partial charge < -0.3 is 9.32 Å². The van der Waals surface area contributed by atoms with Gasteiger partial charge in [-0.25, -0.2) is 13.2 Å². The van der Waals surface area contributed by atoms with Gasteiger partial charge in [0.15, 0.2) is 5.58 Å². The van der Waals surface area contributed by atoms with Crippen molar-refractivity contribution in [2.45, 2.75) is 31.1 Å². The molecule has 0 saturated carbocycles. The number of benzene rings is 1. The van der Waals surface area contributed by atoms with Gasteiger partial charge >= 0.3 is 5.76 Å². The van der Waals surface area contributed by atoms with Gasteiger partial charge in [0.05, 0.1) is 10.4 Å². The van der Waals surface area contributed by atoms with Crippen molar-refractivity contribution in [2.75, 3.05) is 26.2 Å². The van der Waals surface area contributed by atoms with E-state index in [1.54, 1.807) is 4.90 Å². The van der Waals surface area contributed by atoms with Crippen molar-refractivity contribution >= 4 is 27.0 Å². The summed E-state index contributed by atoms with van der Waals surface area (Å²) in [6.07, 6.45) is 1.86. The Morgan fingerprint density at radius 3 is 2.80 bits per heavy atom. The molecule has 9 heteroatoms. The SMILES string of the molecule is CCCC(=O)N1CCCN(S(=O)(=O)c2ccc3oc(=O)[nH]c3c2)CC1. The average Bonchev–Trinajstić information content (AvgIpc) is 2.78. The van der Waals surface area contributed by atoms with E-state index in [4.69, 9.17) is 4.42 Å². The lowest BCUT2D eigenvalue weighted by Crippen LogP contribution is -2.37. The molecule has 0 bridgehead atoms. The highest BCUT2D eigenvalue weighted by molar-refractivity contribution is 7.89. The number of sulfonamides is 1. The van der Waals surface area contributed by atoms with E-state index < -0.39 is 15.8 Å². The first-order chi connectivity index (χ1) is 11.9. The summed E-state index contributed by atoms with van der Waals surface area (Å²) in [5.41, 5.74) is 0.664. The number of carbonyl (C=O) groups excluding carboxylic acids is 1. The lowest BCUT2D eigenvalue weighted by atomic mass is 10.3. The van der Waals surface area contributed by atoms with Crippen LogP contribution in [0.15, 0.2) is 32.3 Å². The van der Waals surface area contributed by atoms with Crippen molar-refractivity contribution in [3.63, 3.8) is 0 Å². The summed E-state index contributed by atoms with van der Waals surface area (Å²) < 4.78 is 32.1. The molecule has 1 fully saturated rings. The van der Waals surface area contributed by atoms with Crippen LogP contribution in [0.5, 0.6) is 0 Å². The van der Waals surface area contributed by atoms with Crippen LogP contribution >= 0.6 is 0 Å². The Morgan fingerprint density at radius 1 is 1.24 bits per heavy atom. The zero-order valence-corrected chi connectivity index (χ0v) is 14.8. The maximum absolute atomic E-state index is 12.9. The number of fused-ring (bicyclic) bond motifs is 1. The van der Waals surface area contributed by atoms with Gasteiger partial charge in [0, 0.05) is 32.6 Å². The number of hydrogen-bond donors (Lipinski definition) is 1. The van der Waals surface area contributed by atoms with E-state index in [0.717, 1.165) is 6.42 Å². The second-order valence-corrected chi connectivity index (χ2v) is 8.00. The molecule has 0 unspecified atom stereocenters. The Hall–Kier alpha value is -2.13. The van der Waals surface area contributed by atoms with Gasteiger partial charge in [0.1, 0.15) is 0 Å². The summed E-state index contributed by atoms with van der Waals surface area (Å²) in [5, 5.41) is 0. The minimum absolute atomic E-state index is 0.0686. The van der Waals surface area contributed by atoms with Crippen LogP contribution in [0.25, 0.3) is 11.1 Å². The Labute approximate surface area is 145 Å². The molecule has 2 heterocycles. The zero-order valence-electron chi connectivity index (χ0n) is 14.0. The predicted molar refractivity (Wildman–Crippen MR) is 91.7 cm³/mol. The van der Waals surface area contributed by atoms with Gasteiger partial charge in [-0.1, -0.05) is 6.92 Å². The Morgan fingerprint density at radius 2 is 2.04 bits per heavy atom. The lowest BCUT2D eigenvalue weighted by Gasteiger charge is -2.22. The van der Waals surface area contributed by atoms with E-state index in [1.807, 2.05) is 6.92 Å². The highest BCUT2D eigenvalue weighted by atomic mass is 32.2. The first-order valence-corrected chi connectivity index (χ1v) is 9.76. The van der Waals surface area contributed by atoms with Gasteiger partial charge in [0.2, 0.25) is 15.9 Å². The smallest absolute Gasteiger partial charge is 0.408 e. The molecule has 0 aliphatic carbocycles. The van der Waals surface area contributed by atoms with Crippen molar-refractivity contribution < 1.29 is 17.6 Å². The van der Waals surface area contributed by atoms with E-state index in [0.29, 0.717) is 43.6 Å². The number of aromatic amines is 1. The third-order valence-corrected chi connectivity index (χ3v) is 6.19. The molecule has 1 aliphatic heterocycles. The second-order valence-electron chi connectivity index (χ2n) is 6.06. The number of aromatic nitrogens is 1. The Balaban J connectivity index is 1.81. The number of nitrogens with one attached hydrogen (secondary N) is 1. The number of amides is 1. The van der Waals surface area contributed by atoms with Crippen molar-refractivity contribution in [3.05, 3.63) is 28.7 Å². The summed E-state index contributed by atoms with van der Waals surface area (Å²) in [5.74, 6) is -0.552. The molecule has 2 aromatic rings. The first kappa shape index (κ1) is 17.7. The summed E-state index contributed by atoms with van der Waals surface area (Å²) in [6, 6.07) is 4.30. The molecule has 25 heavy (non-hydrogen) atoms. The minimum atomic E-state index is -3.70. The highest BCUT2D eigenvalue weighted by Crippen LogP contribution is 2.21. The van der Waals surface area contributed by atoms with Crippen molar-refractivity contribution in [1.82, 2.24) is 14.2 Å². The zero-order chi connectivity index (χ0) is 18.0. The largest absolute Gasteiger partial charge is 0.417 e. The van der Waals surface area contributed by atoms with Crippen LogP contribution in [0.4, 0.5) is 0 Å². The lowest BCUT2D eigenvalue weighted by molar-refractivity contribution is -0.131. The van der Waals surface area contributed by atoms with Crippen LogP contribution in [0, 0.1) is 0 Å². The van der Waals surface area contributed by atoms with Crippen LogP contribution in [0.2, 0.25) is 0 Å². The maximum atomic E-state index is 12.9. The molecule has 1 saturated heterocycles. The molecule has 1 amide bonds. The maximum Gasteiger partial charge on any atom is 0.417 e. The van der Waals surface area contributed by atoms with Crippen LogP contribution in [0.1, 0.15) is 26.2 Å². The molecule has 136 valence electrons. The van der Waals surface area contributed by atoms with E-state index in [2.05, 4.69) is 4.98 Å². The van der Waals surface area contributed by atoms with Crippen molar-refractivity contribution in [2.24, 2.45) is 0 Å². The fourth-order valence-corrected chi connectivity index (χ4v) is 4.49. The third-order valence-electron chi connectivity index (χ3n) is 4.30. The Kier molecular flexibility index (Phi) is 4.96. The fourth-order valence-electron chi connectivity index (χ4n) is 3.00. The fraction of sp³-hybridized carbons (Fsp3) is 0.500. The number of hydrogen-bond acceptors (Lipinski definition) is 5. The molecular formula is C16H21N3O5S. The van der Waals surface area contributed by atoms with E-state index in [9.17, 15) is 18.0 Å². The van der Waals surface area contributed by atoms with E-state index in [-0.39, 0.29) is 17.3 Å². The van der Waals surface area contributed by atoms with E-state index in [1.165, 1.54) is 22.5 Å². The predicted octanol–water partition coefficient (Wildman–Crippen LogP) is 1.14. The topological polar surface area (TPSA) is 104 Å². The van der Waals surface area contributed by atoms with Gasteiger partial charge in [-0.15, -0.1) is 0 Å². The molecule has 0 atom stereocenters. The number of rotatable bonds is 4. The third kappa shape index (κ3) is 3.62. The summed E-state index contributed by atoms with van der Waals surface area (Å²) in [4.78, 5) is 27.6. The molecular weight excluding hydrogens is 346 g/mol. The van der Waals surface area contributed by atoms with E-state index >= 15 is 0 Å².